The number of thioether (sulfide) groups is 1. The molecule has 1 aliphatic rings. The van der Waals surface area contributed by atoms with Crippen molar-refractivity contribution in [3.63, 3.8) is 0 Å². The first-order valence-electron chi connectivity index (χ1n) is 6.14. The molecule has 0 aliphatic heterocycles. The predicted molar refractivity (Wildman–Crippen MR) is 71.8 cm³/mol. The predicted octanol–water partition coefficient (Wildman–Crippen LogP) is 1.84. The molecule has 0 saturated heterocycles. The first-order chi connectivity index (χ1) is 8.63. The van der Waals surface area contributed by atoms with Gasteiger partial charge in [-0.05, 0) is 31.2 Å². The third-order valence-electron chi connectivity index (χ3n) is 3.32. The van der Waals surface area contributed by atoms with Gasteiger partial charge in [0.2, 0.25) is 0 Å². The van der Waals surface area contributed by atoms with Gasteiger partial charge in [-0.25, -0.2) is 4.98 Å². The zero-order valence-electron chi connectivity index (χ0n) is 10.5. The highest BCUT2D eigenvalue weighted by Gasteiger charge is 2.31. The molecule has 0 radical (unpaired) electrons. The lowest BCUT2D eigenvalue weighted by atomic mass is 10.0. The Morgan fingerprint density at radius 2 is 2.22 bits per heavy atom. The first-order valence-corrected chi connectivity index (χ1v) is 7.36. The first kappa shape index (κ1) is 13.4. The molecule has 1 heterocycles. The van der Waals surface area contributed by atoms with Crippen molar-refractivity contribution < 1.29 is 9.90 Å². The average Bonchev–Trinajstić information content (AvgIpc) is 2.83. The highest BCUT2D eigenvalue weighted by molar-refractivity contribution is 7.98. The fraction of sp³-hybridized carbons (Fsp3) is 0.538. The summed E-state index contributed by atoms with van der Waals surface area (Å²) in [5.41, 5.74) is -0.170. The van der Waals surface area contributed by atoms with Crippen LogP contribution in [-0.2, 0) is 0 Å². The molecule has 0 spiro atoms. The number of aromatic nitrogens is 1. The van der Waals surface area contributed by atoms with Crippen molar-refractivity contribution in [3.8, 4) is 0 Å². The van der Waals surface area contributed by atoms with E-state index in [-0.39, 0.29) is 5.91 Å². The fourth-order valence-electron chi connectivity index (χ4n) is 2.19. The number of aliphatic hydroxyl groups is 1. The van der Waals surface area contributed by atoms with Gasteiger partial charge in [0.05, 0.1) is 16.2 Å². The Morgan fingerprint density at radius 1 is 1.50 bits per heavy atom. The van der Waals surface area contributed by atoms with Crippen molar-refractivity contribution in [2.45, 2.75) is 36.3 Å². The zero-order chi connectivity index (χ0) is 13.0. The number of nitrogens with zero attached hydrogens (tertiary/aromatic N) is 1. The Bertz CT molecular complexity index is 414. The summed E-state index contributed by atoms with van der Waals surface area (Å²) in [5.74, 6) is -0.171. The van der Waals surface area contributed by atoms with Crippen LogP contribution in [0.2, 0.25) is 0 Å². The molecule has 1 aliphatic carbocycles. The van der Waals surface area contributed by atoms with Gasteiger partial charge >= 0.3 is 0 Å². The Labute approximate surface area is 111 Å². The molecular formula is C13H18N2O2S. The van der Waals surface area contributed by atoms with Gasteiger partial charge < -0.3 is 10.4 Å². The van der Waals surface area contributed by atoms with Crippen LogP contribution in [0.3, 0.4) is 0 Å². The molecule has 1 fully saturated rings. The minimum Gasteiger partial charge on any atom is -0.388 e. The van der Waals surface area contributed by atoms with E-state index >= 15 is 0 Å². The summed E-state index contributed by atoms with van der Waals surface area (Å²) in [6.07, 6.45) is 7.14. The molecule has 2 N–H and O–H groups in total. The van der Waals surface area contributed by atoms with E-state index in [2.05, 4.69) is 10.3 Å². The summed E-state index contributed by atoms with van der Waals surface area (Å²) in [6, 6.07) is 3.58. The van der Waals surface area contributed by atoms with Gasteiger partial charge in [-0.1, -0.05) is 12.8 Å². The second-order valence-corrected chi connectivity index (χ2v) is 5.53. The molecule has 1 aromatic rings. The van der Waals surface area contributed by atoms with Crippen LogP contribution in [-0.4, -0.2) is 34.4 Å². The van der Waals surface area contributed by atoms with Crippen molar-refractivity contribution in [2.24, 2.45) is 0 Å². The Hall–Kier alpha value is -1.07. The van der Waals surface area contributed by atoms with E-state index in [0.717, 1.165) is 30.7 Å². The van der Waals surface area contributed by atoms with Crippen LogP contribution in [0, 0.1) is 0 Å². The largest absolute Gasteiger partial charge is 0.388 e. The van der Waals surface area contributed by atoms with E-state index in [1.165, 1.54) is 11.8 Å². The van der Waals surface area contributed by atoms with Crippen LogP contribution in [0.25, 0.3) is 0 Å². The van der Waals surface area contributed by atoms with Crippen molar-refractivity contribution in [2.75, 3.05) is 12.8 Å². The monoisotopic (exact) mass is 266 g/mol. The molecule has 0 aromatic carbocycles. The van der Waals surface area contributed by atoms with Crippen molar-refractivity contribution in [1.29, 1.82) is 0 Å². The molecular weight excluding hydrogens is 248 g/mol. The van der Waals surface area contributed by atoms with E-state index in [1.807, 2.05) is 12.3 Å². The topological polar surface area (TPSA) is 62.2 Å². The third-order valence-corrected chi connectivity index (χ3v) is 3.98. The van der Waals surface area contributed by atoms with Crippen molar-refractivity contribution in [1.82, 2.24) is 10.3 Å². The standard InChI is InChI=1S/C13H18N2O2S/c1-18-11-5-4-10(8-14-11)12(16)15-9-13(17)6-2-3-7-13/h4-5,8,17H,2-3,6-7,9H2,1H3,(H,15,16). The molecule has 5 heteroatoms. The number of rotatable bonds is 4. The second-order valence-electron chi connectivity index (χ2n) is 4.70. The highest BCUT2D eigenvalue weighted by Crippen LogP contribution is 2.28. The van der Waals surface area contributed by atoms with Crippen LogP contribution in [0.5, 0.6) is 0 Å². The molecule has 0 atom stereocenters. The van der Waals surface area contributed by atoms with Crippen LogP contribution >= 0.6 is 11.8 Å². The van der Waals surface area contributed by atoms with Gasteiger partial charge in [-0.2, -0.15) is 0 Å². The van der Waals surface area contributed by atoms with Crippen LogP contribution in [0.4, 0.5) is 0 Å². The van der Waals surface area contributed by atoms with E-state index in [0.29, 0.717) is 12.1 Å². The van der Waals surface area contributed by atoms with E-state index in [1.54, 1.807) is 12.3 Å². The summed E-state index contributed by atoms with van der Waals surface area (Å²) in [7, 11) is 0. The number of amides is 1. The molecule has 0 unspecified atom stereocenters. The molecule has 0 bridgehead atoms. The number of hydrogen-bond donors (Lipinski definition) is 2. The maximum absolute atomic E-state index is 11.9. The highest BCUT2D eigenvalue weighted by atomic mass is 32.2. The molecule has 1 aromatic heterocycles. The molecule has 2 rings (SSSR count). The van der Waals surface area contributed by atoms with E-state index < -0.39 is 5.60 Å². The smallest absolute Gasteiger partial charge is 0.252 e. The normalized spacial score (nSPS) is 17.7. The van der Waals surface area contributed by atoms with Crippen LogP contribution in [0.15, 0.2) is 23.4 Å². The quantitative estimate of drug-likeness (QED) is 0.816. The summed E-state index contributed by atoms with van der Waals surface area (Å²) in [6.45, 7) is 0.329. The van der Waals surface area contributed by atoms with Gasteiger partial charge in [0.1, 0.15) is 0 Å². The number of hydrogen-bond acceptors (Lipinski definition) is 4. The number of carbonyl (C=O) groups excluding carboxylic acids is 1. The maximum Gasteiger partial charge on any atom is 0.252 e. The van der Waals surface area contributed by atoms with Crippen molar-refractivity contribution >= 4 is 17.7 Å². The number of nitrogens with one attached hydrogen (secondary N) is 1. The lowest BCUT2D eigenvalue weighted by Crippen LogP contribution is -2.40. The van der Waals surface area contributed by atoms with Gasteiger partial charge in [-0.15, -0.1) is 11.8 Å². The SMILES string of the molecule is CSc1ccc(C(=O)NCC2(O)CCCC2)cn1. The van der Waals surface area contributed by atoms with Gasteiger partial charge in [0.25, 0.3) is 5.91 Å². The zero-order valence-corrected chi connectivity index (χ0v) is 11.3. The number of pyridine rings is 1. The molecule has 18 heavy (non-hydrogen) atoms. The number of carbonyl (C=O) groups is 1. The van der Waals surface area contributed by atoms with Gasteiger partial charge in [0, 0.05) is 12.7 Å². The lowest BCUT2D eigenvalue weighted by molar-refractivity contribution is 0.0449. The second kappa shape index (κ2) is 5.71. The minimum absolute atomic E-state index is 0.171. The third kappa shape index (κ3) is 3.23. The van der Waals surface area contributed by atoms with Gasteiger partial charge in [0.15, 0.2) is 0 Å². The Balaban J connectivity index is 1.90. The Kier molecular flexibility index (Phi) is 4.24. The average molecular weight is 266 g/mol. The molecule has 1 amide bonds. The van der Waals surface area contributed by atoms with E-state index in [9.17, 15) is 9.90 Å². The fourth-order valence-corrected chi connectivity index (χ4v) is 2.55. The molecule has 1 saturated carbocycles. The van der Waals surface area contributed by atoms with Crippen LogP contribution < -0.4 is 5.32 Å². The summed E-state index contributed by atoms with van der Waals surface area (Å²) in [5, 5.41) is 13.8. The Morgan fingerprint density at radius 3 is 2.78 bits per heavy atom. The lowest BCUT2D eigenvalue weighted by Gasteiger charge is -2.22. The van der Waals surface area contributed by atoms with Crippen LogP contribution in [0.1, 0.15) is 36.0 Å². The van der Waals surface area contributed by atoms with Gasteiger partial charge in [-0.3, -0.25) is 4.79 Å². The molecule has 98 valence electrons. The summed E-state index contributed by atoms with van der Waals surface area (Å²) < 4.78 is 0. The van der Waals surface area contributed by atoms with Crippen molar-refractivity contribution in [3.05, 3.63) is 23.9 Å². The minimum atomic E-state index is -0.706. The van der Waals surface area contributed by atoms with E-state index in [4.69, 9.17) is 0 Å². The summed E-state index contributed by atoms with van der Waals surface area (Å²) in [4.78, 5) is 16.0. The molecule has 4 nitrogen and oxygen atoms in total. The summed E-state index contributed by atoms with van der Waals surface area (Å²) >= 11 is 1.54. The maximum atomic E-state index is 11.9.